The summed E-state index contributed by atoms with van der Waals surface area (Å²) in [6, 6.07) is 9.54. The molecule has 0 saturated carbocycles. The number of aryl methyl sites for hydroxylation is 1. The average Bonchev–Trinajstić information content (AvgIpc) is 3.32. The van der Waals surface area contributed by atoms with E-state index in [0.717, 1.165) is 28.1 Å². The molecular formula is C19H21N7O2S. The summed E-state index contributed by atoms with van der Waals surface area (Å²) < 4.78 is 8.99. The monoisotopic (exact) mass is 411 g/mol. The van der Waals surface area contributed by atoms with E-state index < -0.39 is 6.09 Å². The Bertz CT molecular complexity index is 1030. The van der Waals surface area contributed by atoms with Crippen LogP contribution in [0.25, 0.3) is 5.82 Å². The van der Waals surface area contributed by atoms with E-state index in [-0.39, 0.29) is 0 Å². The quantitative estimate of drug-likeness (QED) is 0.529. The zero-order valence-corrected chi connectivity index (χ0v) is 16.9. The largest absolute Gasteiger partial charge is 0.450 e. The van der Waals surface area contributed by atoms with E-state index in [4.69, 9.17) is 4.74 Å². The number of anilines is 2. The number of hydrogen-bond donors (Lipinski definition) is 3. The number of imidazole rings is 1. The molecule has 150 valence electrons. The lowest BCUT2D eigenvalue weighted by molar-refractivity contribution is 0.168. The number of ether oxygens (including phenoxy) is 1. The van der Waals surface area contributed by atoms with E-state index in [0.29, 0.717) is 18.8 Å². The maximum absolute atomic E-state index is 11.5. The fourth-order valence-electron chi connectivity index (χ4n) is 2.84. The van der Waals surface area contributed by atoms with E-state index >= 15 is 0 Å². The molecule has 0 saturated heterocycles. The van der Waals surface area contributed by atoms with Crippen LogP contribution in [-0.2, 0) is 11.3 Å². The number of aromatic amines is 1. The van der Waals surface area contributed by atoms with E-state index in [1.807, 2.05) is 54.2 Å². The number of amides is 1. The molecule has 3 N–H and O–H groups in total. The second-order valence-corrected chi connectivity index (χ2v) is 7.45. The first kappa shape index (κ1) is 18.9. The van der Waals surface area contributed by atoms with Gasteiger partial charge in [0.25, 0.3) is 0 Å². The highest BCUT2D eigenvalue weighted by Gasteiger charge is 2.19. The van der Waals surface area contributed by atoms with Gasteiger partial charge in [-0.05, 0) is 50.1 Å². The van der Waals surface area contributed by atoms with Crippen molar-refractivity contribution in [1.82, 2.24) is 24.1 Å². The molecule has 0 atom stereocenters. The number of carbonyl (C=O) groups excluding carboxylic acids is 1. The fraction of sp³-hybridized carbons (Fsp3) is 0.211. The summed E-state index contributed by atoms with van der Waals surface area (Å²) in [4.78, 5) is 17.0. The Balaban J connectivity index is 1.47. The first-order valence-corrected chi connectivity index (χ1v) is 9.90. The lowest BCUT2D eigenvalue weighted by atomic mass is 10.3. The molecule has 3 aromatic rings. The van der Waals surface area contributed by atoms with Crippen LogP contribution >= 0.6 is 11.9 Å². The predicted octanol–water partition coefficient (Wildman–Crippen LogP) is 3.87. The Morgan fingerprint density at radius 3 is 2.90 bits per heavy atom. The summed E-state index contributed by atoms with van der Waals surface area (Å²) in [6.45, 7) is 4.72. The first-order valence-electron chi connectivity index (χ1n) is 9.12. The lowest BCUT2D eigenvalue weighted by Crippen LogP contribution is -2.23. The smallest absolute Gasteiger partial charge is 0.411 e. The standard InChI is InChI=1S/C19H21N7O2S/c1-3-28-19(27)21-14-4-6-15(7-5-14)29-25-11-17-20-8-9-26(17)18(12-25)22-16-10-13(2)23-24-16/h4-10,12H,3,11H2,1-2H3,(H,21,27)(H2,22,23,24). The molecule has 0 spiro atoms. The Labute approximate surface area is 172 Å². The highest BCUT2D eigenvalue weighted by atomic mass is 32.2. The fourth-order valence-corrected chi connectivity index (χ4v) is 3.70. The molecule has 1 amide bonds. The number of fused-ring (bicyclic) bond motifs is 1. The van der Waals surface area contributed by atoms with E-state index in [2.05, 4.69) is 30.1 Å². The van der Waals surface area contributed by atoms with Crippen LogP contribution in [0.5, 0.6) is 0 Å². The molecule has 1 aliphatic rings. The van der Waals surface area contributed by atoms with Crippen molar-refractivity contribution >= 4 is 35.4 Å². The van der Waals surface area contributed by atoms with Gasteiger partial charge in [0, 0.05) is 34.7 Å². The highest BCUT2D eigenvalue weighted by molar-refractivity contribution is 7.97. The third kappa shape index (κ3) is 4.54. The van der Waals surface area contributed by atoms with Crippen LogP contribution in [0, 0.1) is 6.92 Å². The molecule has 10 heteroatoms. The molecule has 0 fully saturated rings. The van der Waals surface area contributed by atoms with Crippen molar-refractivity contribution in [3.63, 3.8) is 0 Å². The van der Waals surface area contributed by atoms with Gasteiger partial charge in [-0.15, -0.1) is 0 Å². The van der Waals surface area contributed by atoms with Crippen molar-refractivity contribution in [2.75, 3.05) is 17.2 Å². The Hall–Kier alpha value is -3.40. The van der Waals surface area contributed by atoms with Crippen molar-refractivity contribution in [1.29, 1.82) is 0 Å². The number of H-pyrrole nitrogens is 1. The van der Waals surface area contributed by atoms with Gasteiger partial charge < -0.3 is 14.4 Å². The van der Waals surface area contributed by atoms with Crippen LogP contribution in [-0.4, -0.2) is 36.8 Å². The van der Waals surface area contributed by atoms with Crippen LogP contribution in [0.15, 0.2) is 53.8 Å². The van der Waals surface area contributed by atoms with Crippen molar-refractivity contribution in [3.8, 4) is 0 Å². The number of benzene rings is 1. The number of hydrogen-bond acceptors (Lipinski definition) is 7. The van der Waals surface area contributed by atoms with E-state index in [1.165, 1.54) is 0 Å². The molecule has 29 heavy (non-hydrogen) atoms. The third-order valence-electron chi connectivity index (χ3n) is 4.10. The molecule has 0 aliphatic carbocycles. The zero-order chi connectivity index (χ0) is 20.2. The molecule has 2 aromatic heterocycles. The summed E-state index contributed by atoms with van der Waals surface area (Å²) in [6.07, 6.45) is 5.27. The summed E-state index contributed by atoms with van der Waals surface area (Å²) in [5.41, 5.74) is 1.67. The highest BCUT2D eigenvalue weighted by Crippen LogP contribution is 2.30. The Kier molecular flexibility index (Phi) is 5.43. The van der Waals surface area contributed by atoms with Crippen LogP contribution < -0.4 is 10.6 Å². The van der Waals surface area contributed by atoms with Gasteiger partial charge in [-0.1, -0.05) is 0 Å². The number of nitrogens with one attached hydrogen (secondary N) is 3. The third-order valence-corrected chi connectivity index (χ3v) is 5.05. The molecule has 0 radical (unpaired) electrons. The van der Waals surface area contributed by atoms with Crippen LogP contribution in [0.3, 0.4) is 0 Å². The number of nitrogens with zero attached hydrogens (tertiary/aromatic N) is 4. The average molecular weight is 411 g/mol. The van der Waals surface area contributed by atoms with Gasteiger partial charge in [0.05, 0.1) is 19.4 Å². The second-order valence-electron chi connectivity index (χ2n) is 6.33. The Morgan fingerprint density at radius 1 is 1.34 bits per heavy atom. The molecule has 4 rings (SSSR count). The second kappa shape index (κ2) is 8.31. The minimum Gasteiger partial charge on any atom is -0.450 e. The van der Waals surface area contributed by atoms with E-state index in [1.54, 1.807) is 25.1 Å². The maximum Gasteiger partial charge on any atom is 0.411 e. The van der Waals surface area contributed by atoms with Crippen molar-refractivity contribution < 1.29 is 9.53 Å². The number of rotatable bonds is 6. The van der Waals surface area contributed by atoms with Gasteiger partial charge in [-0.2, -0.15) is 5.10 Å². The van der Waals surface area contributed by atoms with Crippen molar-refractivity contribution in [2.24, 2.45) is 0 Å². The predicted molar refractivity (Wildman–Crippen MR) is 112 cm³/mol. The minimum atomic E-state index is -0.456. The lowest BCUT2D eigenvalue weighted by Gasteiger charge is -2.26. The number of aromatic nitrogens is 4. The van der Waals surface area contributed by atoms with Crippen LogP contribution in [0.1, 0.15) is 18.4 Å². The van der Waals surface area contributed by atoms with E-state index in [9.17, 15) is 4.79 Å². The first-order chi connectivity index (χ1) is 14.1. The summed E-state index contributed by atoms with van der Waals surface area (Å²) in [5.74, 6) is 2.54. The summed E-state index contributed by atoms with van der Waals surface area (Å²) in [7, 11) is 0. The Morgan fingerprint density at radius 2 is 2.17 bits per heavy atom. The molecule has 1 aliphatic heterocycles. The van der Waals surface area contributed by atoms with Gasteiger partial charge in [-0.3, -0.25) is 15.0 Å². The van der Waals surface area contributed by atoms with Gasteiger partial charge >= 0.3 is 6.09 Å². The van der Waals surface area contributed by atoms with Gasteiger partial charge in [0.15, 0.2) is 5.82 Å². The van der Waals surface area contributed by atoms with Gasteiger partial charge in [-0.25, -0.2) is 9.78 Å². The van der Waals surface area contributed by atoms with Crippen molar-refractivity contribution in [3.05, 3.63) is 60.4 Å². The van der Waals surface area contributed by atoms with Gasteiger partial charge in [0.2, 0.25) is 0 Å². The summed E-state index contributed by atoms with van der Waals surface area (Å²) >= 11 is 1.58. The topological polar surface area (TPSA) is 100 Å². The molecular weight excluding hydrogens is 390 g/mol. The summed E-state index contributed by atoms with van der Waals surface area (Å²) in [5, 5.41) is 13.2. The molecule has 0 unspecified atom stereocenters. The molecule has 1 aromatic carbocycles. The molecule has 3 heterocycles. The minimum absolute atomic E-state index is 0.338. The normalized spacial score (nSPS) is 12.9. The zero-order valence-electron chi connectivity index (χ0n) is 16.0. The van der Waals surface area contributed by atoms with Crippen molar-refractivity contribution in [2.45, 2.75) is 25.3 Å². The maximum atomic E-state index is 11.5. The van der Waals surface area contributed by atoms with Crippen LogP contribution in [0.2, 0.25) is 0 Å². The number of carbonyl (C=O) groups is 1. The van der Waals surface area contributed by atoms with Crippen LogP contribution in [0.4, 0.5) is 16.3 Å². The molecule has 9 nitrogen and oxygen atoms in total. The SMILES string of the molecule is CCOC(=O)Nc1ccc(SN2C=C(Nc3cc(C)[nH]n3)n3ccnc3C2)cc1. The van der Waals surface area contributed by atoms with Gasteiger partial charge in [0.1, 0.15) is 11.6 Å². The molecule has 0 bridgehead atoms.